The average molecular weight is 379 g/mol. The number of nitrogens with zero attached hydrogens (tertiary/aromatic N) is 3. The van der Waals surface area contributed by atoms with Gasteiger partial charge in [0.25, 0.3) is 0 Å². The summed E-state index contributed by atoms with van der Waals surface area (Å²) in [6.07, 6.45) is 1.57. The van der Waals surface area contributed by atoms with Gasteiger partial charge in [0.15, 0.2) is 0 Å². The highest BCUT2D eigenvalue weighted by Crippen LogP contribution is 2.29. The van der Waals surface area contributed by atoms with Gasteiger partial charge in [0.1, 0.15) is 0 Å². The number of carbonyl (C=O) groups is 2. The first-order valence-electron chi connectivity index (χ1n) is 8.30. The summed E-state index contributed by atoms with van der Waals surface area (Å²) < 4.78 is 1.71. The van der Waals surface area contributed by atoms with E-state index in [1.807, 2.05) is 32.0 Å². The molecule has 0 fully saturated rings. The zero-order valence-electron chi connectivity index (χ0n) is 15.2. The summed E-state index contributed by atoms with van der Waals surface area (Å²) in [6, 6.07) is 6.95. The first-order valence-corrected chi connectivity index (χ1v) is 8.67. The van der Waals surface area contributed by atoms with Gasteiger partial charge in [-0.25, -0.2) is 9.48 Å². The number of aromatic nitrogens is 2. The van der Waals surface area contributed by atoms with E-state index < -0.39 is 17.9 Å². The molecule has 0 spiro atoms. The van der Waals surface area contributed by atoms with Crippen LogP contribution in [-0.4, -0.2) is 45.4 Å². The molecule has 7 nitrogen and oxygen atoms in total. The molecule has 1 aromatic carbocycles. The van der Waals surface area contributed by atoms with Crippen molar-refractivity contribution >= 4 is 29.3 Å². The van der Waals surface area contributed by atoms with Gasteiger partial charge >= 0.3 is 12.0 Å². The van der Waals surface area contributed by atoms with Gasteiger partial charge < -0.3 is 15.3 Å². The van der Waals surface area contributed by atoms with Crippen LogP contribution in [0.3, 0.4) is 0 Å². The molecule has 0 aliphatic rings. The lowest BCUT2D eigenvalue weighted by Crippen LogP contribution is -2.36. The molecule has 0 aliphatic heterocycles. The van der Waals surface area contributed by atoms with Crippen molar-refractivity contribution in [3.63, 3.8) is 0 Å². The number of nitrogens with one attached hydrogen (secondary N) is 1. The Morgan fingerprint density at radius 2 is 1.96 bits per heavy atom. The second-order valence-electron chi connectivity index (χ2n) is 6.51. The first-order chi connectivity index (χ1) is 12.2. The molecular weight excluding hydrogens is 356 g/mol. The van der Waals surface area contributed by atoms with E-state index in [1.54, 1.807) is 30.9 Å². The minimum absolute atomic E-state index is 0.0762. The lowest BCUT2D eigenvalue weighted by molar-refractivity contribution is -0.141. The Bertz CT molecular complexity index is 803. The van der Waals surface area contributed by atoms with Gasteiger partial charge in [-0.15, -0.1) is 0 Å². The van der Waals surface area contributed by atoms with Crippen molar-refractivity contribution in [3.05, 3.63) is 41.2 Å². The number of aliphatic carboxylic acids is 1. The van der Waals surface area contributed by atoms with Crippen LogP contribution in [-0.2, 0) is 4.79 Å². The lowest BCUT2D eigenvalue weighted by Gasteiger charge is -2.20. The quantitative estimate of drug-likeness (QED) is 0.799. The number of amides is 2. The van der Waals surface area contributed by atoms with Crippen LogP contribution in [0.4, 0.5) is 10.5 Å². The van der Waals surface area contributed by atoms with Crippen molar-refractivity contribution in [1.82, 2.24) is 14.7 Å². The van der Waals surface area contributed by atoms with E-state index in [0.717, 1.165) is 11.4 Å². The maximum atomic E-state index is 12.4. The Morgan fingerprint density at radius 3 is 2.54 bits per heavy atom. The maximum Gasteiger partial charge on any atom is 0.321 e. The van der Waals surface area contributed by atoms with Gasteiger partial charge in [-0.3, -0.25) is 4.79 Å². The van der Waals surface area contributed by atoms with Gasteiger partial charge in [-0.1, -0.05) is 44.5 Å². The third kappa shape index (κ3) is 4.35. The Labute approximate surface area is 157 Å². The summed E-state index contributed by atoms with van der Waals surface area (Å²) in [5, 5.41) is 16.7. The molecule has 2 aromatic rings. The Morgan fingerprint density at radius 1 is 1.31 bits per heavy atom. The summed E-state index contributed by atoms with van der Waals surface area (Å²) in [7, 11) is 1.56. The number of para-hydroxylation sites is 1. The molecule has 140 valence electrons. The van der Waals surface area contributed by atoms with Gasteiger partial charge in [-0.05, 0) is 18.1 Å². The summed E-state index contributed by atoms with van der Waals surface area (Å²) in [6.45, 7) is 5.66. The van der Waals surface area contributed by atoms with Crippen molar-refractivity contribution in [2.24, 2.45) is 5.92 Å². The summed E-state index contributed by atoms with van der Waals surface area (Å²) in [5.41, 5.74) is 2.11. The fourth-order valence-electron chi connectivity index (χ4n) is 2.61. The van der Waals surface area contributed by atoms with Crippen molar-refractivity contribution in [3.8, 4) is 5.69 Å². The molecular formula is C18H23ClN4O3. The standard InChI is InChI=1S/C18H23ClN4O3/c1-11(2)16-14(21-18(26)22(4)10-12(3)17(24)25)9-20-23(16)15-8-6-5-7-13(15)19/h5-9,11-12H,10H2,1-4H3,(H,21,26)(H,24,25). The normalized spacial score (nSPS) is 12.1. The highest BCUT2D eigenvalue weighted by Gasteiger charge is 2.21. The smallest absolute Gasteiger partial charge is 0.321 e. The van der Waals surface area contributed by atoms with Crippen LogP contribution < -0.4 is 5.32 Å². The Hall–Kier alpha value is -2.54. The first kappa shape index (κ1) is 19.8. The summed E-state index contributed by atoms with van der Waals surface area (Å²) in [4.78, 5) is 24.7. The predicted octanol–water partition coefficient (Wildman–Crippen LogP) is 3.83. The molecule has 1 aromatic heterocycles. The number of carbonyl (C=O) groups excluding carboxylic acids is 1. The van der Waals surface area contributed by atoms with E-state index in [-0.39, 0.29) is 12.5 Å². The van der Waals surface area contributed by atoms with E-state index >= 15 is 0 Å². The SMILES string of the molecule is CC(CN(C)C(=O)Nc1cnn(-c2ccccc2Cl)c1C(C)C)C(=O)O. The number of hydrogen-bond acceptors (Lipinski definition) is 3. The number of anilines is 1. The van der Waals surface area contributed by atoms with E-state index in [4.69, 9.17) is 16.7 Å². The summed E-state index contributed by atoms with van der Waals surface area (Å²) >= 11 is 6.28. The molecule has 0 radical (unpaired) electrons. The minimum Gasteiger partial charge on any atom is -0.481 e. The zero-order chi connectivity index (χ0) is 19.4. The number of rotatable bonds is 6. The van der Waals surface area contributed by atoms with Crippen molar-refractivity contribution < 1.29 is 14.7 Å². The van der Waals surface area contributed by atoms with Crippen molar-refractivity contribution in [1.29, 1.82) is 0 Å². The zero-order valence-corrected chi connectivity index (χ0v) is 16.0. The highest BCUT2D eigenvalue weighted by molar-refractivity contribution is 6.32. The van der Waals surface area contributed by atoms with Crippen LogP contribution in [0.25, 0.3) is 5.69 Å². The number of urea groups is 1. The van der Waals surface area contributed by atoms with E-state index in [1.165, 1.54) is 4.90 Å². The molecule has 0 bridgehead atoms. The van der Waals surface area contributed by atoms with Crippen LogP contribution in [0.1, 0.15) is 32.4 Å². The number of carboxylic acids is 1. The second kappa shape index (κ2) is 8.23. The molecule has 1 unspecified atom stereocenters. The molecule has 2 N–H and O–H groups in total. The third-order valence-corrected chi connectivity index (χ3v) is 4.31. The highest BCUT2D eigenvalue weighted by atomic mass is 35.5. The number of hydrogen-bond donors (Lipinski definition) is 2. The van der Waals surface area contributed by atoms with Gasteiger partial charge in [-0.2, -0.15) is 5.10 Å². The molecule has 0 aliphatic carbocycles. The lowest BCUT2D eigenvalue weighted by atomic mass is 10.1. The minimum atomic E-state index is -0.945. The van der Waals surface area contributed by atoms with Crippen LogP contribution in [0.5, 0.6) is 0 Å². The molecule has 8 heteroatoms. The molecule has 1 heterocycles. The maximum absolute atomic E-state index is 12.4. The Kier molecular flexibility index (Phi) is 6.26. The molecule has 0 saturated heterocycles. The van der Waals surface area contributed by atoms with Gasteiger partial charge in [0, 0.05) is 13.6 Å². The van der Waals surface area contributed by atoms with Crippen molar-refractivity contribution in [2.45, 2.75) is 26.7 Å². The topological polar surface area (TPSA) is 87.5 Å². The van der Waals surface area contributed by atoms with E-state index in [2.05, 4.69) is 10.4 Å². The van der Waals surface area contributed by atoms with Crippen LogP contribution in [0.2, 0.25) is 5.02 Å². The summed E-state index contributed by atoms with van der Waals surface area (Å²) in [5.74, 6) is -1.52. The third-order valence-electron chi connectivity index (χ3n) is 3.99. The Balaban J connectivity index is 2.27. The number of benzene rings is 1. The van der Waals surface area contributed by atoms with E-state index in [0.29, 0.717) is 10.7 Å². The fraction of sp³-hybridized carbons (Fsp3) is 0.389. The number of carboxylic acid groups (broad SMARTS) is 1. The molecule has 2 amide bonds. The second-order valence-corrected chi connectivity index (χ2v) is 6.92. The molecule has 0 saturated carbocycles. The molecule has 26 heavy (non-hydrogen) atoms. The molecule has 1 atom stereocenters. The monoisotopic (exact) mass is 378 g/mol. The van der Waals surface area contributed by atoms with Gasteiger partial charge in [0.05, 0.1) is 34.2 Å². The van der Waals surface area contributed by atoms with Crippen molar-refractivity contribution in [2.75, 3.05) is 18.9 Å². The molecule has 2 rings (SSSR count). The largest absolute Gasteiger partial charge is 0.481 e. The van der Waals surface area contributed by atoms with Crippen LogP contribution in [0.15, 0.2) is 30.5 Å². The number of halogens is 1. The van der Waals surface area contributed by atoms with Crippen LogP contribution >= 0.6 is 11.6 Å². The average Bonchev–Trinajstić information content (AvgIpc) is 2.98. The van der Waals surface area contributed by atoms with Crippen LogP contribution in [0, 0.1) is 5.92 Å². The van der Waals surface area contributed by atoms with E-state index in [9.17, 15) is 9.59 Å². The fourth-order valence-corrected chi connectivity index (χ4v) is 2.82. The van der Waals surface area contributed by atoms with Gasteiger partial charge in [0.2, 0.25) is 0 Å². The predicted molar refractivity (Wildman–Crippen MR) is 101 cm³/mol.